The molecular formula is C19H17ClFN5O2S2. The van der Waals surface area contributed by atoms with Crippen molar-refractivity contribution < 1.29 is 12.8 Å². The van der Waals surface area contributed by atoms with Crippen LogP contribution >= 0.6 is 23.4 Å². The lowest BCUT2D eigenvalue weighted by atomic mass is 10.2. The Balaban J connectivity index is 1.45. The van der Waals surface area contributed by atoms with E-state index in [9.17, 15) is 12.8 Å². The van der Waals surface area contributed by atoms with Crippen LogP contribution in [0.5, 0.6) is 0 Å². The van der Waals surface area contributed by atoms with Gasteiger partial charge in [0.15, 0.2) is 5.17 Å². The van der Waals surface area contributed by atoms with Crippen molar-refractivity contribution >= 4 is 49.9 Å². The molecule has 1 aromatic heterocycles. The zero-order chi connectivity index (χ0) is 21.1. The Morgan fingerprint density at radius 2 is 1.97 bits per heavy atom. The fraction of sp³-hybridized carbons (Fsp3) is 0.158. The van der Waals surface area contributed by atoms with Gasteiger partial charge in [-0.3, -0.25) is 14.4 Å². The summed E-state index contributed by atoms with van der Waals surface area (Å²) in [5, 5.41) is 8.25. The van der Waals surface area contributed by atoms with Gasteiger partial charge in [-0.15, -0.1) is 0 Å². The highest BCUT2D eigenvalue weighted by Crippen LogP contribution is 2.23. The first kappa shape index (κ1) is 20.7. The smallest absolute Gasteiger partial charge is 0.266 e. The third-order valence-corrected chi connectivity index (χ3v) is 6.85. The van der Waals surface area contributed by atoms with E-state index in [-0.39, 0.29) is 5.17 Å². The van der Waals surface area contributed by atoms with Crippen LogP contribution in [0.1, 0.15) is 5.56 Å². The molecule has 1 aliphatic rings. The quantitative estimate of drug-likeness (QED) is 0.577. The molecule has 11 heteroatoms. The molecule has 156 valence electrons. The molecule has 0 bridgehead atoms. The van der Waals surface area contributed by atoms with Gasteiger partial charge in [-0.25, -0.2) is 12.8 Å². The Kier molecular flexibility index (Phi) is 5.98. The van der Waals surface area contributed by atoms with E-state index in [0.29, 0.717) is 35.2 Å². The van der Waals surface area contributed by atoms with Gasteiger partial charge in [0.25, 0.3) is 10.0 Å². The molecule has 2 N–H and O–H groups in total. The second kappa shape index (κ2) is 8.66. The van der Waals surface area contributed by atoms with Gasteiger partial charge in [-0.05, 0) is 35.9 Å². The second-order valence-corrected chi connectivity index (χ2v) is 9.63. The lowest BCUT2D eigenvalue weighted by molar-refractivity contribution is 0.565. The molecule has 2 heterocycles. The minimum absolute atomic E-state index is 0.282. The standard InChI is InChI=1S/C19H17ClFN5O2S2/c20-14-3-1-13(2-4-14)11-26-12-16(10-23-26)24-15-5-6-18(17(21)9-15)30(27,28)25-19-22-7-8-29-19/h1-6,9-10,12,24H,7-8,11H2,(H,22,25). The molecule has 0 atom stereocenters. The van der Waals surface area contributed by atoms with Crippen molar-refractivity contribution in [2.75, 3.05) is 17.6 Å². The van der Waals surface area contributed by atoms with E-state index >= 15 is 0 Å². The number of anilines is 2. The van der Waals surface area contributed by atoms with E-state index in [1.807, 2.05) is 24.3 Å². The number of sulfonamides is 1. The number of rotatable bonds is 6. The summed E-state index contributed by atoms with van der Waals surface area (Å²) in [7, 11) is -4.03. The molecule has 0 spiro atoms. The average Bonchev–Trinajstić information content (AvgIpc) is 3.35. The molecule has 2 aromatic carbocycles. The van der Waals surface area contributed by atoms with E-state index in [1.54, 1.807) is 17.1 Å². The highest BCUT2D eigenvalue weighted by molar-refractivity contribution is 8.15. The summed E-state index contributed by atoms with van der Waals surface area (Å²) < 4.78 is 43.3. The molecule has 0 radical (unpaired) electrons. The summed E-state index contributed by atoms with van der Waals surface area (Å²) >= 11 is 7.18. The molecule has 0 fully saturated rings. The SMILES string of the molecule is O=S(=O)(NC1=NCCS1)c1ccc(Nc2cnn(Cc3ccc(Cl)cc3)c2)cc1F. The van der Waals surface area contributed by atoms with Crippen molar-refractivity contribution in [3.8, 4) is 0 Å². The largest absolute Gasteiger partial charge is 0.353 e. The van der Waals surface area contributed by atoms with Crippen molar-refractivity contribution in [3.63, 3.8) is 0 Å². The number of benzene rings is 2. The van der Waals surface area contributed by atoms with Crippen LogP contribution in [0.15, 0.2) is 64.7 Å². The van der Waals surface area contributed by atoms with Gasteiger partial charge in [-0.1, -0.05) is 35.5 Å². The van der Waals surface area contributed by atoms with E-state index < -0.39 is 20.7 Å². The number of nitrogens with zero attached hydrogens (tertiary/aromatic N) is 3. The molecule has 0 saturated heterocycles. The summed E-state index contributed by atoms with van der Waals surface area (Å²) in [6, 6.07) is 11.3. The first-order chi connectivity index (χ1) is 14.4. The van der Waals surface area contributed by atoms with Crippen LogP contribution in [0.25, 0.3) is 0 Å². The fourth-order valence-corrected chi connectivity index (χ4v) is 5.04. The number of thioether (sulfide) groups is 1. The van der Waals surface area contributed by atoms with Crippen molar-refractivity contribution in [1.82, 2.24) is 14.5 Å². The maximum absolute atomic E-state index is 14.5. The summed E-state index contributed by atoms with van der Waals surface area (Å²) in [5.74, 6) is -0.154. The Bertz CT molecular complexity index is 1200. The number of hydrogen-bond acceptors (Lipinski definition) is 6. The summed E-state index contributed by atoms with van der Waals surface area (Å²) in [5.41, 5.74) is 2.09. The Morgan fingerprint density at radius 1 is 1.17 bits per heavy atom. The van der Waals surface area contributed by atoms with Crippen LogP contribution < -0.4 is 10.0 Å². The first-order valence-electron chi connectivity index (χ1n) is 8.93. The van der Waals surface area contributed by atoms with Crippen molar-refractivity contribution in [2.45, 2.75) is 11.4 Å². The first-order valence-corrected chi connectivity index (χ1v) is 11.8. The summed E-state index contributed by atoms with van der Waals surface area (Å²) in [6.45, 7) is 1.09. The van der Waals surface area contributed by atoms with Gasteiger partial charge in [0.05, 0.1) is 25.0 Å². The molecule has 1 aliphatic heterocycles. The molecule has 30 heavy (non-hydrogen) atoms. The number of hydrogen-bond donors (Lipinski definition) is 2. The van der Waals surface area contributed by atoms with Gasteiger partial charge >= 0.3 is 0 Å². The van der Waals surface area contributed by atoms with Crippen molar-refractivity contribution in [2.24, 2.45) is 4.99 Å². The lowest BCUT2D eigenvalue weighted by Crippen LogP contribution is -2.28. The molecule has 0 unspecified atom stereocenters. The minimum Gasteiger partial charge on any atom is -0.353 e. The van der Waals surface area contributed by atoms with E-state index in [2.05, 4.69) is 20.1 Å². The van der Waals surface area contributed by atoms with Crippen LogP contribution in [0.2, 0.25) is 5.02 Å². The highest BCUT2D eigenvalue weighted by Gasteiger charge is 2.22. The molecule has 7 nitrogen and oxygen atoms in total. The number of aromatic nitrogens is 2. The normalized spacial score (nSPS) is 13.9. The van der Waals surface area contributed by atoms with Crippen molar-refractivity contribution in [1.29, 1.82) is 0 Å². The third-order valence-electron chi connectivity index (χ3n) is 4.21. The van der Waals surface area contributed by atoms with Crippen molar-refractivity contribution in [3.05, 3.63) is 71.3 Å². The number of nitrogens with one attached hydrogen (secondary N) is 2. The monoisotopic (exact) mass is 465 g/mol. The fourth-order valence-electron chi connectivity index (χ4n) is 2.82. The molecule has 3 aromatic rings. The van der Waals surface area contributed by atoms with E-state index in [1.165, 1.54) is 23.9 Å². The second-order valence-electron chi connectivity index (χ2n) is 6.46. The molecule has 0 aliphatic carbocycles. The van der Waals surface area contributed by atoms with E-state index in [0.717, 1.165) is 11.6 Å². The molecule has 0 saturated carbocycles. The third kappa shape index (κ3) is 4.94. The van der Waals surface area contributed by atoms with E-state index in [4.69, 9.17) is 11.6 Å². The van der Waals surface area contributed by atoms with Gasteiger partial charge in [-0.2, -0.15) is 5.10 Å². The maximum Gasteiger partial charge on any atom is 0.266 e. The zero-order valence-corrected chi connectivity index (χ0v) is 17.9. The average molecular weight is 466 g/mol. The van der Waals surface area contributed by atoms with Crippen LogP contribution in [-0.4, -0.2) is 35.7 Å². The van der Waals surface area contributed by atoms with Crippen LogP contribution in [0, 0.1) is 5.82 Å². The predicted octanol–water partition coefficient (Wildman–Crippen LogP) is 3.85. The highest BCUT2D eigenvalue weighted by atomic mass is 35.5. The predicted molar refractivity (Wildman–Crippen MR) is 118 cm³/mol. The van der Waals surface area contributed by atoms with Gasteiger partial charge in [0.2, 0.25) is 0 Å². The molecular weight excluding hydrogens is 449 g/mol. The minimum atomic E-state index is -4.03. The van der Waals surface area contributed by atoms with Gasteiger partial charge < -0.3 is 5.32 Å². The summed E-state index contributed by atoms with van der Waals surface area (Å²) in [6.07, 6.45) is 3.38. The number of halogens is 2. The van der Waals surface area contributed by atoms with Crippen LogP contribution in [0.3, 0.4) is 0 Å². The molecule has 0 amide bonds. The Hall–Kier alpha value is -2.56. The number of aliphatic imine (C=N–C) groups is 1. The lowest BCUT2D eigenvalue weighted by Gasteiger charge is -2.10. The van der Waals surface area contributed by atoms with Gasteiger partial charge in [0.1, 0.15) is 10.7 Å². The maximum atomic E-state index is 14.5. The molecule has 4 rings (SSSR count). The Morgan fingerprint density at radius 3 is 2.67 bits per heavy atom. The van der Waals surface area contributed by atoms with Gasteiger partial charge in [0, 0.05) is 22.7 Å². The Labute approximate surface area is 182 Å². The van der Waals surface area contributed by atoms with Crippen LogP contribution in [0.4, 0.5) is 15.8 Å². The van der Waals surface area contributed by atoms with Crippen LogP contribution in [-0.2, 0) is 16.6 Å². The topological polar surface area (TPSA) is 88.4 Å². The number of amidine groups is 1. The zero-order valence-electron chi connectivity index (χ0n) is 15.5. The summed E-state index contributed by atoms with van der Waals surface area (Å²) in [4.78, 5) is 3.60.